The van der Waals surface area contributed by atoms with Gasteiger partial charge in [-0.1, -0.05) is 13.8 Å². The van der Waals surface area contributed by atoms with E-state index >= 15 is 0 Å². The average Bonchev–Trinajstić information content (AvgIpc) is 2.83. The lowest BCUT2D eigenvalue weighted by molar-refractivity contribution is -0.138. The van der Waals surface area contributed by atoms with Crippen LogP contribution in [0.25, 0.3) is 0 Å². The second-order valence-electron chi connectivity index (χ2n) is 8.73. The Hall–Kier alpha value is -0.960. The normalized spacial score (nSPS) is 49.3. The summed E-state index contributed by atoms with van der Waals surface area (Å²) < 4.78 is 5.50. The van der Waals surface area contributed by atoms with E-state index < -0.39 is 0 Å². The van der Waals surface area contributed by atoms with Gasteiger partial charge >= 0.3 is 0 Å². The van der Waals surface area contributed by atoms with E-state index in [1.807, 2.05) is 0 Å². The van der Waals surface area contributed by atoms with Crippen LogP contribution in [-0.4, -0.2) is 24.8 Å². The summed E-state index contributed by atoms with van der Waals surface area (Å²) in [7, 11) is 1.73. The first kappa shape index (κ1) is 15.6. The number of carbonyl (C=O) groups is 2. The van der Waals surface area contributed by atoms with Gasteiger partial charge in [-0.25, -0.2) is 0 Å². The summed E-state index contributed by atoms with van der Waals surface area (Å²) >= 11 is 0. The maximum atomic E-state index is 12.9. The Morgan fingerprint density at radius 3 is 2.48 bits per heavy atom. The first-order valence-corrected chi connectivity index (χ1v) is 9.22. The highest BCUT2D eigenvalue weighted by Gasteiger charge is 2.60. The Morgan fingerprint density at radius 2 is 1.74 bits per heavy atom. The molecule has 0 aromatic heterocycles. The molecule has 0 saturated heterocycles. The Kier molecular flexibility index (Phi) is 3.39. The fourth-order valence-electron chi connectivity index (χ4n) is 6.48. The van der Waals surface area contributed by atoms with Gasteiger partial charge in [-0.05, 0) is 66.9 Å². The number of rotatable bonds is 1. The lowest BCUT2D eigenvalue weighted by atomic mass is 9.47. The van der Waals surface area contributed by atoms with Crippen LogP contribution in [0, 0.1) is 28.6 Å². The van der Waals surface area contributed by atoms with Crippen LogP contribution in [0.15, 0.2) is 11.6 Å². The molecule has 0 aromatic carbocycles. The van der Waals surface area contributed by atoms with Gasteiger partial charge in [-0.15, -0.1) is 0 Å². The van der Waals surface area contributed by atoms with Crippen molar-refractivity contribution in [3.63, 3.8) is 0 Å². The zero-order chi connectivity index (χ0) is 16.4. The fourth-order valence-corrected chi connectivity index (χ4v) is 6.48. The molecule has 0 heterocycles. The first-order chi connectivity index (χ1) is 10.9. The molecule has 3 saturated carbocycles. The summed E-state index contributed by atoms with van der Waals surface area (Å²) in [6.07, 6.45) is 8.75. The van der Waals surface area contributed by atoms with E-state index in [9.17, 15) is 9.59 Å². The number of fused-ring (bicyclic) bond motifs is 5. The SMILES string of the molecule is CO[C@@H]1C=C2C(=O)C[C@@H]3[C@H](CC[C@]4(C)C(=O)CC[C@@H]34)[C@@]2(C)CC1. The third kappa shape index (κ3) is 1.98. The molecular formula is C20H28O3. The summed E-state index contributed by atoms with van der Waals surface area (Å²) in [6.45, 7) is 4.47. The molecule has 0 unspecified atom stereocenters. The smallest absolute Gasteiger partial charge is 0.159 e. The van der Waals surface area contributed by atoms with Crippen molar-refractivity contribution >= 4 is 11.6 Å². The van der Waals surface area contributed by atoms with Crippen molar-refractivity contribution in [3.8, 4) is 0 Å². The number of ketones is 2. The lowest BCUT2D eigenvalue weighted by Crippen LogP contribution is -2.53. The quantitative estimate of drug-likeness (QED) is 0.740. The summed E-state index contributed by atoms with van der Waals surface area (Å²) in [5.74, 6) is 2.17. The molecule has 0 amide bonds. The van der Waals surface area contributed by atoms with Crippen LogP contribution >= 0.6 is 0 Å². The summed E-state index contributed by atoms with van der Waals surface area (Å²) in [5, 5.41) is 0. The molecule has 0 bridgehead atoms. The van der Waals surface area contributed by atoms with Crippen LogP contribution in [0.2, 0.25) is 0 Å². The summed E-state index contributed by atoms with van der Waals surface area (Å²) in [6, 6.07) is 0. The van der Waals surface area contributed by atoms with Crippen molar-refractivity contribution < 1.29 is 14.3 Å². The van der Waals surface area contributed by atoms with Crippen LogP contribution in [0.1, 0.15) is 58.8 Å². The molecule has 4 rings (SSSR count). The van der Waals surface area contributed by atoms with Crippen molar-refractivity contribution in [1.82, 2.24) is 0 Å². The standard InChI is InChI=1S/C20H28O3/c1-19-8-6-12(23-3)10-16(19)17(21)11-13-14-4-5-18(22)20(14,2)9-7-15(13)19/h10,12-15H,4-9,11H2,1-3H3/t12-,13-,14-,15-,19+,20-/m0/s1. The molecule has 3 nitrogen and oxygen atoms in total. The number of Topliss-reactive ketones (excluding diaryl/α,β-unsaturated/α-hetero) is 2. The largest absolute Gasteiger partial charge is 0.377 e. The molecule has 3 fully saturated rings. The van der Waals surface area contributed by atoms with E-state index in [0.717, 1.165) is 44.1 Å². The van der Waals surface area contributed by atoms with E-state index in [1.165, 1.54) is 0 Å². The molecule has 3 heteroatoms. The van der Waals surface area contributed by atoms with E-state index in [-0.39, 0.29) is 16.9 Å². The van der Waals surface area contributed by atoms with Crippen LogP contribution in [-0.2, 0) is 14.3 Å². The molecule has 0 radical (unpaired) electrons. The Balaban J connectivity index is 1.72. The molecule has 0 N–H and O–H groups in total. The van der Waals surface area contributed by atoms with Crippen molar-refractivity contribution in [2.75, 3.05) is 7.11 Å². The van der Waals surface area contributed by atoms with Gasteiger partial charge in [0.05, 0.1) is 6.10 Å². The van der Waals surface area contributed by atoms with Crippen LogP contribution in [0.5, 0.6) is 0 Å². The molecule has 6 atom stereocenters. The molecule has 0 aromatic rings. The minimum absolute atomic E-state index is 0.00198. The third-order valence-electron chi connectivity index (χ3n) is 7.90. The van der Waals surface area contributed by atoms with Crippen LogP contribution in [0.4, 0.5) is 0 Å². The van der Waals surface area contributed by atoms with Crippen molar-refractivity contribution in [2.24, 2.45) is 28.6 Å². The maximum Gasteiger partial charge on any atom is 0.159 e. The van der Waals surface area contributed by atoms with Crippen molar-refractivity contribution in [3.05, 3.63) is 11.6 Å². The Bertz CT molecular complexity index is 592. The van der Waals surface area contributed by atoms with Gasteiger partial charge in [0.1, 0.15) is 5.78 Å². The topological polar surface area (TPSA) is 43.4 Å². The highest BCUT2D eigenvalue weighted by Crippen LogP contribution is 2.63. The molecule has 4 aliphatic carbocycles. The predicted molar refractivity (Wildman–Crippen MR) is 87.9 cm³/mol. The van der Waals surface area contributed by atoms with Gasteiger partial charge < -0.3 is 4.74 Å². The highest BCUT2D eigenvalue weighted by molar-refractivity contribution is 5.98. The van der Waals surface area contributed by atoms with Crippen LogP contribution in [0.3, 0.4) is 0 Å². The Morgan fingerprint density at radius 1 is 1.04 bits per heavy atom. The molecule has 0 spiro atoms. The van der Waals surface area contributed by atoms with Gasteiger partial charge in [0, 0.05) is 25.4 Å². The minimum Gasteiger partial charge on any atom is -0.377 e. The predicted octanol–water partition coefficient (Wildman–Crippen LogP) is 3.71. The number of hydrogen-bond donors (Lipinski definition) is 0. The van der Waals surface area contributed by atoms with Crippen molar-refractivity contribution in [1.29, 1.82) is 0 Å². The molecule has 4 aliphatic rings. The van der Waals surface area contributed by atoms with Crippen molar-refractivity contribution in [2.45, 2.75) is 64.9 Å². The van der Waals surface area contributed by atoms with Gasteiger partial charge in [0.25, 0.3) is 0 Å². The molecule has 23 heavy (non-hydrogen) atoms. The van der Waals surface area contributed by atoms with E-state index in [1.54, 1.807) is 7.11 Å². The number of ether oxygens (including phenoxy) is 1. The van der Waals surface area contributed by atoms with Gasteiger partial charge in [-0.2, -0.15) is 0 Å². The van der Waals surface area contributed by atoms with Gasteiger partial charge in [-0.3, -0.25) is 9.59 Å². The molecule has 0 aliphatic heterocycles. The second-order valence-corrected chi connectivity index (χ2v) is 8.73. The number of allylic oxidation sites excluding steroid dienone is 1. The molecular weight excluding hydrogens is 288 g/mol. The first-order valence-electron chi connectivity index (χ1n) is 9.22. The van der Waals surface area contributed by atoms with E-state index in [4.69, 9.17) is 4.74 Å². The van der Waals surface area contributed by atoms with Gasteiger partial charge in [0.15, 0.2) is 5.78 Å². The van der Waals surface area contributed by atoms with Gasteiger partial charge in [0.2, 0.25) is 0 Å². The lowest BCUT2D eigenvalue weighted by Gasteiger charge is -2.56. The monoisotopic (exact) mass is 316 g/mol. The fraction of sp³-hybridized carbons (Fsp3) is 0.800. The van der Waals surface area contributed by atoms with Crippen LogP contribution < -0.4 is 0 Å². The number of hydrogen-bond acceptors (Lipinski definition) is 3. The summed E-state index contributed by atoms with van der Waals surface area (Å²) in [5.41, 5.74) is 0.884. The second kappa shape index (κ2) is 5.02. The third-order valence-corrected chi connectivity index (χ3v) is 7.90. The number of methoxy groups -OCH3 is 1. The maximum absolute atomic E-state index is 12.9. The summed E-state index contributed by atoms with van der Waals surface area (Å²) in [4.78, 5) is 25.3. The highest BCUT2D eigenvalue weighted by atomic mass is 16.5. The molecule has 126 valence electrons. The Labute approximate surface area is 138 Å². The number of carbonyl (C=O) groups excluding carboxylic acids is 2. The minimum atomic E-state index is -0.150. The van der Waals surface area contributed by atoms with E-state index in [0.29, 0.717) is 35.7 Å². The zero-order valence-corrected chi connectivity index (χ0v) is 14.6. The zero-order valence-electron chi connectivity index (χ0n) is 14.6. The van der Waals surface area contributed by atoms with E-state index in [2.05, 4.69) is 19.9 Å². The average molecular weight is 316 g/mol.